The molecule has 1 aromatic heterocycles. The average Bonchev–Trinajstić information content (AvgIpc) is 2.53. The average molecular weight is 171 g/mol. The van der Waals surface area contributed by atoms with Crippen LogP contribution in [0.4, 0.5) is 4.79 Å². The molecule has 0 aliphatic rings. The Labute approximate surface area is 68.3 Å². The van der Waals surface area contributed by atoms with Crippen LogP contribution in [0.2, 0.25) is 0 Å². The third-order valence-electron chi connectivity index (χ3n) is 0.913. The maximum absolute atomic E-state index is 10.6. The Morgan fingerprint density at radius 2 is 2.42 bits per heavy atom. The van der Waals surface area contributed by atoms with E-state index >= 15 is 0 Å². The molecule has 0 aliphatic heterocycles. The molecule has 0 unspecified atom stereocenters. The molecule has 0 N–H and O–H groups in total. The molecule has 7 nitrogen and oxygen atoms in total. The van der Waals surface area contributed by atoms with Crippen LogP contribution in [0.5, 0.6) is 0 Å². The van der Waals surface area contributed by atoms with Crippen LogP contribution in [0.3, 0.4) is 0 Å². The molecule has 7 heteroatoms. The fourth-order valence-electron chi connectivity index (χ4n) is 0.488. The Balaban J connectivity index is 2.22. The summed E-state index contributed by atoms with van der Waals surface area (Å²) in [7, 11) is 0. The van der Waals surface area contributed by atoms with Gasteiger partial charge >= 0.3 is 6.16 Å². The van der Waals surface area contributed by atoms with Crippen LogP contribution in [0.1, 0.15) is 6.92 Å². The summed E-state index contributed by atoms with van der Waals surface area (Å²) >= 11 is 0. The minimum atomic E-state index is -0.755. The SMILES string of the molecule is CCOC(=O)OCn1n[c]nn1. The minimum absolute atomic E-state index is 0.116. The number of carbonyl (C=O) groups excluding carboxylic acids is 1. The van der Waals surface area contributed by atoms with Gasteiger partial charge in [-0.1, -0.05) is 0 Å². The van der Waals surface area contributed by atoms with Gasteiger partial charge in [-0.15, -0.1) is 15.0 Å². The smallest absolute Gasteiger partial charge is 0.435 e. The van der Waals surface area contributed by atoms with Gasteiger partial charge in [0.05, 0.1) is 6.61 Å². The first kappa shape index (κ1) is 8.44. The molecule has 0 fully saturated rings. The minimum Gasteiger partial charge on any atom is -0.435 e. The maximum Gasteiger partial charge on any atom is 0.510 e. The predicted molar refractivity (Wildman–Crippen MR) is 34.8 cm³/mol. The fraction of sp³-hybridized carbons (Fsp3) is 0.600. The van der Waals surface area contributed by atoms with Crippen LogP contribution >= 0.6 is 0 Å². The molecule has 12 heavy (non-hydrogen) atoms. The lowest BCUT2D eigenvalue weighted by Crippen LogP contribution is -2.12. The van der Waals surface area contributed by atoms with Crippen molar-refractivity contribution in [2.75, 3.05) is 6.61 Å². The molecule has 0 saturated carbocycles. The largest absolute Gasteiger partial charge is 0.510 e. The summed E-state index contributed by atoms with van der Waals surface area (Å²) in [5.41, 5.74) is 0. The molecule has 0 atom stereocenters. The van der Waals surface area contributed by atoms with Crippen LogP contribution < -0.4 is 0 Å². The molecule has 1 heterocycles. The first-order valence-corrected chi connectivity index (χ1v) is 3.26. The normalized spacial score (nSPS) is 9.42. The summed E-state index contributed by atoms with van der Waals surface area (Å²) in [6.07, 6.45) is 1.45. The van der Waals surface area contributed by atoms with Gasteiger partial charge in [0.2, 0.25) is 13.1 Å². The van der Waals surface area contributed by atoms with E-state index in [2.05, 4.69) is 31.2 Å². The van der Waals surface area contributed by atoms with Gasteiger partial charge in [0.1, 0.15) is 0 Å². The van der Waals surface area contributed by atoms with Crippen molar-refractivity contribution in [1.82, 2.24) is 20.2 Å². The van der Waals surface area contributed by atoms with Crippen molar-refractivity contribution in [2.24, 2.45) is 0 Å². The van der Waals surface area contributed by atoms with Crippen molar-refractivity contribution in [1.29, 1.82) is 0 Å². The van der Waals surface area contributed by atoms with Gasteiger partial charge in [-0.05, 0) is 12.1 Å². The molecular weight excluding hydrogens is 164 g/mol. The lowest BCUT2D eigenvalue weighted by molar-refractivity contribution is 0.0288. The van der Waals surface area contributed by atoms with Crippen LogP contribution in [0.25, 0.3) is 0 Å². The van der Waals surface area contributed by atoms with Gasteiger partial charge in [0.15, 0.2) is 0 Å². The second-order valence-electron chi connectivity index (χ2n) is 1.72. The highest BCUT2D eigenvalue weighted by Gasteiger charge is 2.02. The van der Waals surface area contributed by atoms with E-state index in [1.54, 1.807) is 6.92 Å². The quantitative estimate of drug-likeness (QED) is 0.576. The Morgan fingerprint density at radius 3 is 3.00 bits per heavy atom. The van der Waals surface area contributed by atoms with Gasteiger partial charge < -0.3 is 9.47 Å². The van der Waals surface area contributed by atoms with Gasteiger partial charge in [-0.3, -0.25) is 0 Å². The number of rotatable bonds is 3. The molecule has 0 spiro atoms. The topological polar surface area (TPSA) is 79.1 Å². The summed E-state index contributed by atoms with van der Waals surface area (Å²) in [4.78, 5) is 11.7. The number of aromatic nitrogens is 4. The predicted octanol–water partition coefficient (Wildman–Crippen LogP) is -0.396. The van der Waals surface area contributed by atoms with Gasteiger partial charge in [-0.25, -0.2) is 4.79 Å². The fourth-order valence-corrected chi connectivity index (χ4v) is 0.488. The molecule has 1 rings (SSSR count). The zero-order valence-electron chi connectivity index (χ0n) is 6.43. The molecular formula is C5H7N4O3. The molecule has 65 valence electrons. The number of carbonyl (C=O) groups is 1. The van der Waals surface area contributed by atoms with E-state index in [4.69, 9.17) is 0 Å². The van der Waals surface area contributed by atoms with Crippen molar-refractivity contribution < 1.29 is 14.3 Å². The van der Waals surface area contributed by atoms with E-state index in [1.807, 2.05) is 0 Å². The van der Waals surface area contributed by atoms with Crippen molar-refractivity contribution in [3.8, 4) is 0 Å². The van der Waals surface area contributed by atoms with Crippen molar-refractivity contribution in [3.63, 3.8) is 0 Å². The van der Waals surface area contributed by atoms with Crippen molar-refractivity contribution in [3.05, 3.63) is 6.33 Å². The molecule has 1 aromatic rings. The van der Waals surface area contributed by atoms with Crippen LogP contribution in [0.15, 0.2) is 0 Å². The molecule has 0 aromatic carbocycles. The Hall–Kier alpha value is -1.66. The summed E-state index contributed by atoms with van der Waals surface area (Å²) in [6.45, 7) is 1.84. The molecule has 0 amide bonds. The number of hydrogen-bond donors (Lipinski definition) is 0. The van der Waals surface area contributed by atoms with Crippen LogP contribution in [0, 0.1) is 6.33 Å². The van der Waals surface area contributed by atoms with E-state index in [1.165, 1.54) is 0 Å². The van der Waals surface area contributed by atoms with Gasteiger partial charge in [0.25, 0.3) is 0 Å². The Bertz CT molecular complexity index is 235. The highest BCUT2D eigenvalue weighted by molar-refractivity contribution is 5.59. The van der Waals surface area contributed by atoms with E-state index in [0.717, 1.165) is 4.80 Å². The van der Waals surface area contributed by atoms with E-state index in [9.17, 15) is 4.79 Å². The lowest BCUT2D eigenvalue weighted by atomic mass is 10.9. The zero-order valence-corrected chi connectivity index (χ0v) is 6.43. The summed E-state index contributed by atoms with van der Waals surface area (Å²) < 4.78 is 9.02. The molecule has 0 aliphatic carbocycles. The highest BCUT2D eigenvalue weighted by Crippen LogP contribution is 1.86. The molecule has 1 radical (unpaired) electrons. The maximum atomic E-state index is 10.6. The standard InChI is InChI=1S/C5H7N4O3/c1-2-11-5(10)12-4-9-7-3-6-8-9/h2,4H2,1H3. The first-order chi connectivity index (χ1) is 5.83. The molecule has 0 saturated heterocycles. The van der Waals surface area contributed by atoms with Crippen molar-refractivity contribution >= 4 is 6.16 Å². The Morgan fingerprint density at radius 1 is 1.58 bits per heavy atom. The number of tetrazole rings is 1. The zero-order chi connectivity index (χ0) is 8.81. The second-order valence-corrected chi connectivity index (χ2v) is 1.72. The first-order valence-electron chi connectivity index (χ1n) is 3.26. The summed E-state index contributed by atoms with van der Waals surface area (Å²) in [5.74, 6) is 0. The lowest BCUT2D eigenvalue weighted by Gasteiger charge is -2.01. The second kappa shape index (κ2) is 4.27. The van der Waals surface area contributed by atoms with Crippen LogP contribution in [-0.2, 0) is 16.2 Å². The van der Waals surface area contributed by atoms with Gasteiger partial charge in [-0.2, -0.15) is 0 Å². The highest BCUT2D eigenvalue weighted by atomic mass is 16.7. The Kier molecular flexibility index (Phi) is 3.00. The van der Waals surface area contributed by atoms with E-state index in [0.29, 0.717) is 0 Å². The monoisotopic (exact) mass is 171 g/mol. The number of hydrogen-bond acceptors (Lipinski definition) is 6. The third-order valence-corrected chi connectivity index (χ3v) is 0.913. The van der Waals surface area contributed by atoms with Crippen molar-refractivity contribution in [2.45, 2.75) is 13.7 Å². The third kappa shape index (κ3) is 2.52. The number of ether oxygens (including phenoxy) is 2. The van der Waals surface area contributed by atoms with E-state index < -0.39 is 6.16 Å². The summed E-state index contributed by atoms with van der Waals surface area (Å²) in [6, 6.07) is 0. The summed E-state index contributed by atoms with van der Waals surface area (Å²) in [5, 5.41) is 10.2. The van der Waals surface area contributed by atoms with Gasteiger partial charge in [0, 0.05) is 0 Å². The molecule has 0 bridgehead atoms. The number of nitrogens with zero attached hydrogens (tertiary/aromatic N) is 4. The van der Waals surface area contributed by atoms with Crippen LogP contribution in [-0.4, -0.2) is 33.0 Å². The van der Waals surface area contributed by atoms with E-state index in [-0.39, 0.29) is 13.3 Å².